The minimum atomic E-state index is -0.855. The number of hydrogen-bond donors (Lipinski definition) is 2. The molecule has 0 saturated heterocycles. The van der Waals surface area contributed by atoms with E-state index in [1.165, 1.54) is 29.2 Å². The van der Waals surface area contributed by atoms with Gasteiger partial charge in [-0.25, -0.2) is 4.79 Å². The summed E-state index contributed by atoms with van der Waals surface area (Å²) in [7, 11) is 1.16. The van der Waals surface area contributed by atoms with Gasteiger partial charge in [0, 0.05) is 10.5 Å². The average molecular weight is 350 g/mol. The number of thiophene rings is 1. The van der Waals surface area contributed by atoms with Crippen molar-refractivity contribution in [1.29, 1.82) is 0 Å². The second-order valence-electron chi connectivity index (χ2n) is 4.30. The van der Waals surface area contributed by atoms with Crippen LogP contribution in [0.25, 0.3) is 0 Å². The van der Waals surface area contributed by atoms with E-state index < -0.39 is 12.0 Å². The Labute approximate surface area is 141 Å². The number of thioether (sulfide) groups is 1. The van der Waals surface area contributed by atoms with Crippen molar-refractivity contribution in [3.63, 3.8) is 0 Å². The summed E-state index contributed by atoms with van der Waals surface area (Å²) < 4.78 is 4.38. The maximum absolute atomic E-state index is 12.3. The van der Waals surface area contributed by atoms with Crippen LogP contribution in [-0.4, -0.2) is 31.3 Å². The van der Waals surface area contributed by atoms with E-state index in [0.717, 1.165) is 12.0 Å². The molecule has 0 radical (unpaired) electrons. The number of amides is 3. The fourth-order valence-corrected chi connectivity index (χ4v) is 2.97. The van der Waals surface area contributed by atoms with Gasteiger partial charge < -0.3 is 10.1 Å². The van der Waals surface area contributed by atoms with E-state index in [0.29, 0.717) is 10.6 Å². The maximum Gasteiger partial charge on any atom is 0.413 e. The Balaban J connectivity index is 2.14. The molecule has 2 rings (SSSR count). The van der Waals surface area contributed by atoms with Gasteiger partial charge in [-0.15, -0.1) is 23.1 Å². The van der Waals surface area contributed by atoms with Crippen molar-refractivity contribution in [2.24, 2.45) is 0 Å². The predicted molar refractivity (Wildman–Crippen MR) is 90.4 cm³/mol. The summed E-state index contributed by atoms with van der Waals surface area (Å²) in [5, 5.41) is 6.76. The number of hydrogen-bond acceptors (Lipinski definition) is 6. The fourth-order valence-electron chi connectivity index (χ4n) is 1.74. The van der Waals surface area contributed by atoms with E-state index in [2.05, 4.69) is 15.4 Å². The molecule has 2 N–H and O–H groups in total. The summed E-state index contributed by atoms with van der Waals surface area (Å²) in [5.74, 6) is -0.957. The fraction of sp³-hybridized carbons (Fsp3) is 0.133. The Morgan fingerprint density at radius 2 is 1.96 bits per heavy atom. The number of rotatable bonds is 4. The van der Waals surface area contributed by atoms with Gasteiger partial charge in [-0.05, 0) is 35.9 Å². The van der Waals surface area contributed by atoms with Crippen molar-refractivity contribution < 1.29 is 19.1 Å². The Kier molecular flexibility index (Phi) is 5.78. The number of imide groups is 1. The molecular weight excluding hydrogens is 336 g/mol. The molecule has 0 aliphatic carbocycles. The SMILES string of the molecule is COC(=O)NC(=O)c1ccsc1NC(=O)c1cccc(SC)c1. The van der Waals surface area contributed by atoms with Gasteiger partial charge in [0.15, 0.2) is 0 Å². The molecule has 0 spiro atoms. The topological polar surface area (TPSA) is 84.5 Å². The van der Waals surface area contributed by atoms with Crippen LogP contribution in [0.5, 0.6) is 0 Å². The predicted octanol–water partition coefficient (Wildman–Crippen LogP) is 3.22. The lowest BCUT2D eigenvalue weighted by atomic mass is 10.2. The third-order valence-corrected chi connectivity index (χ3v) is 4.43. The highest BCUT2D eigenvalue weighted by molar-refractivity contribution is 7.98. The lowest BCUT2D eigenvalue weighted by Crippen LogP contribution is -2.30. The molecule has 1 aromatic heterocycles. The third kappa shape index (κ3) is 4.33. The average Bonchev–Trinajstić information content (AvgIpc) is 3.02. The summed E-state index contributed by atoms with van der Waals surface area (Å²) in [6.07, 6.45) is 1.07. The highest BCUT2D eigenvalue weighted by Crippen LogP contribution is 2.24. The van der Waals surface area contributed by atoms with Crippen molar-refractivity contribution in [3.05, 3.63) is 46.8 Å². The molecule has 0 fully saturated rings. The molecule has 3 amide bonds. The van der Waals surface area contributed by atoms with Crippen LogP contribution in [0.3, 0.4) is 0 Å². The molecule has 0 aliphatic rings. The van der Waals surface area contributed by atoms with Crippen molar-refractivity contribution in [3.8, 4) is 0 Å². The molecule has 1 aromatic carbocycles. The highest BCUT2D eigenvalue weighted by atomic mass is 32.2. The number of methoxy groups -OCH3 is 1. The van der Waals surface area contributed by atoms with Crippen LogP contribution in [0.1, 0.15) is 20.7 Å². The van der Waals surface area contributed by atoms with E-state index in [4.69, 9.17) is 0 Å². The first-order valence-electron chi connectivity index (χ1n) is 6.47. The number of benzene rings is 1. The largest absolute Gasteiger partial charge is 0.453 e. The molecule has 1 heterocycles. The molecule has 2 aromatic rings. The van der Waals surface area contributed by atoms with Gasteiger partial charge in [-0.3, -0.25) is 14.9 Å². The second-order valence-corrected chi connectivity index (χ2v) is 6.09. The first kappa shape index (κ1) is 17.0. The van der Waals surface area contributed by atoms with Crippen LogP contribution < -0.4 is 10.6 Å². The number of anilines is 1. The van der Waals surface area contributed by atoms with E-state index in [1.54, 1.807) is 23.6 Å². The lowest BCUT2D eigenvalue weighted by Gasteiger charge is -2.07. The van der Waals surface area contributed by atoms with E-state index in [-0.39, 0.29) is 11.5 Å². The van der Waals surface area contributed by atoms with E-state index in [1.807, 2.05) is 12.3 Å². The van der Waals surface area contributed by atoms with Crippen LogP contribution in [-0.2, 0) is 4.74 Å². The summed E-state index contributed by atoms with van der Waals surface area (Å²) in [4.78, 5) is 36.3. The van der Waals surface area contributed by atoms with E-state index in [9.17, 15) is 14.4 Å². The summed E-state index contributed by atoms with van der Waals surface area (Å²) in [5.41, 5.74) is 0.694. The van der Waals surface area contributed by atoms with Gasteiger partial charge >= 0.3 is 6.09 Å². The first-order chi connectivity index (χ1) is 11.0. The van der Waals surface area contributed by atoms with Crippen LogP contribution in [0.15, 0.2) is 40.6 Å². The minimum Gasteiger partial charge on any atom is -0.453 e. The lowest BCUT2D eigenvalue weighted by molar-refractivity contribution is 0.0938. The zero-order valence-electron chi connectivity index (χ0n) is 12.4. The number of alkyl carbamates (subject to hydrolysis) is 1. The minimum absolute atomic E-state index is 0.203. The molecule has 0 saturated carbocycles. The van der Waals surface area contributed by atoms with Gasteiger partial charge in [-0.2, -0.15) is 0 Å². The van der Waals surface area contributed by atoms with Gasteiger partial charge in [0.2, 0.25) is 0 Å². The highest BCUT2D eigenvalue weighted by Gasteiger charge is 2.18. The molecule has 8 heteroatoms. The molecular formula is C15H14N2O4S2. The van der Waals surface area contributed by atoms with Gasteiger partial charge in [-0.1, -0.05) is 6.07 Å². The summed E-state index contributed by atoms with van der Waals surface area (Å²) in [6, 6.07) is 8.68. The number of carbonyl (C=O) groups is 3. The van der Waals surface area contributed by atoms with Gasteiger partial charge in [0.25, 0.3) is 11.8 Å². The quantitative estimate of drug-likeness (QED) is 0.827. The Morgan fingerprint density at radius 3 is 2.65 bits per heavy atom. The number of ether oxygens (including phenoxy) is 1. The Hall–Kier alpha value is -2.32. The van der Waals surface area contributed by atoms with Crippen molar-refractivity contribution in [1.82, 2.24) is 5.32 Å². The van der Waals surface area contributed by atoms with Crippen molar-refractivity contribution in [2.45, 2.75) is 4.90 Å². The normalized spacial score (nSPS) is 10.0. The third-order valence-electron chi connectivity index (χ3n) is 2.87. The second kappa shape index (κ2) is 7.80. The van der Waals surface area contributed by atoms with E-state index >= 15 is 0 Å². The monoisotopic (exact) mass is 350 g/mol. The van der Waals surface area contributed by atoms with Crippen LogP contribution in [0, 0.1) is 0 Å². The zero-order chi connectivity index (χ0) is 16.8. The molecule has 120 valence electrons. The molecule has 0 atom stereocenters. The van der Waals surface area contributed by atoms with Crippen LogP contribution in [0.2, 0.25) is 0 Å². The molecule has 23 heavy (non-hydrogen) atoms. The van der Waals surface area contributed by atoms with Gasteiger partial charge in [0.05, 0.1) is 12.7 Å². The number of nitrogens with one attached hydrogen (secondary N) is 2. The molecule has 0 unspecified atom stereocenters. The van der Waals surface area contributed by atoms with Crippen LogP contribution >= 0.6 is 23.1 Å². The van der Waals surface area contributed by atoms with Crippen molar-refractivity contribution >= 4 is 46.0 Å². The Bertz CT molecular complexity index is 743. The van der Waals surface area contributed by atoms with Crippen molar-refractivity contribution in [2.75, 3.05) is 18.7 Å². The first-order valence-corrected chi connectivity index (χ1v) is 8.57. The standard InChI is InChI=1S/C15H14N2O4S2/c1-21-15(20)17-13(19)11-6-7-23-14(11)16-12(18)9-4-3-5-10(8-9)22-2/h3-8H,1-2H3,(H,16,18)(H,17,19,20). The molecule has 0 bridgehead atoms. The summed E-state index contributed by atoms with van der Waals surface area (Å²) >= 11 is 2.73. The maximum atomic E-state index is 12.3. The van der Waals surface area contributed by atoms with Crippen LogP contribution in [0.4, 0.5) is 9.80 Å². The molecule has 6 nitrogen and oxygen atoms in total. The summed E-state index contributed by atoms with van der Waals surface area (Å²) in [6.45, 7) is 0. The number of carbonyl (C=O) groups excluding carboxylic acids is 3. The van der Waals surface area contributed by atoms with Gasteiger partial charge in [0.1, 0.15) is 5.00 Å². The zero-order valence-corrected chi connectivity index (χ0v) is 14.0. The Morgan fingerprint density at radius 1 is 1.17 bits per heavy atom. The smallest absolute Gasteiger partial charge is 0.413 e. The molecule has 0 aliphatic heterocycles.